The van der Waals surface area contributed by atoms with E-state index >= 15 is 0 Å². The van der Waals surface area contributed by atoms with Crippen molar-refractivity contribution >= 4 is 6.21 Å². The predicted octanol–water partition coefficient (Wildman–Crippen LogP) is 2.70. The number of allylic oxidation sites excluding steroid dienone is 4. The monoisotopic (exact) mass is 135 g/mol. The molecule has 1 rings (SSSR count). The van der Waals surface area contributed by atoms with Gasteiger partial charge in [-0.1, -0.05) is 18.6 Å². The highest BCUT2D eigenvalue weighted by Crippen LogP contribution is 2.11. The van der Waals surface area contributed by atoms with Crippen LogP contribution in [0.5, 0.6) is 0 Å². The number of rotatable bonds is 1. The van der Waals surface area contributed by atoms with Gasteiger partial charge < -0.3 is 0 Å². The molecule has 0 aromatic carbocycles. The molecule has 1 aliphatic heterocycles. The molecule has 0 amide bonds. The second-order valence-electron chi connectivity index (χ2n) is 2.51. The van der Waals surface area contributed by atoms with Gasteiger partial charge in [0.15, 0.2) is 0 Å². The molecule has 0 unspecified atom stereocenters. The largest absolute Gasteiger partial charge is 0.262 e. The van der Waals surface area contributed by atoms with Crippen molar-refractivity contribution < 1.29 is 0 Å². The minimum atomic E-state index is 1.07. The lowest BCUT2D eigenvalue weighted by Gasteiger charge is -1.94. The highest BCUT2D eigenvalue weighted by atomic mass is 14.7. The summed E-state index contributed by atoms with van der Waals surface area (Å²) in [4.78, 5) is 4.18. The Labute approximate surface area is 62.2 Å². The maximum atomic E-state index is 4.18. The van der Waals surface area contributed by atoms with Crippen LogP contribution in [-0.2, 0) is 0 Å². The quantitative estimate of drug-likeness (QED) is 0.524. The van der Waals surface area contributed by atoms with Crippen LogP contribution in [0.2, 0.25) is 0 Å². The highest BCUT2D eigenvalue weighted by Gasteiger charge is 1.93. The Morgan fingerprint density at radius 1 is 1.60 bits per heavy atom. The first-order valence-electron chi connectivity index (χ1n) is 3.71. The zero-order valence-corrected chi connectivity index (χ0v) is 6.59. The first-order valence-corrected chi connectivity index (χ1v) is 3.71. The molecule has 0 atom stereocenters. The van der Waals surface area contributed by atoms with Gasteiger partial charge in [-0.2, -0.15) is 0 Å². The van der Waals surface area contributed by atoms with Crippen molar-refractivity contribution in [2.45, 2.75) is 26.7 Å². The van der Waals surface area contributed by atoms with E-state index in [0.717, 1.165) is 18.5 Å². The molecule has 0 fully saturated rings. The smallest absolute Gasteiger partial charge is 0.0336 e. The third-order valence-corrected chi connectivity index (χ3v) is 1.70. The van der Waals surface area contributed by atoms with E-state index in [2.05, 4.69) is 24.1 Å². The van der Waals surface area contributed by atoms with Crippen LogP contribution in [0.4, 0.5) is 0 Å². The van der Waals surface area contributed by atoms with Gasteiger partial charge in [0.1, 0.15) is 0 Å². The van der Waals surface area contributed by atoms with Crippen LogP contribution in [0.1, 0.15) is 26.7 Å². The lowest BCUT2D eigenvalue weighted by molar-refractivity contribution is 1.03. The summed E-state index contributed by atoms with van der Waals surface area (Å²) in [5.41, 5.74) is 2.58. The van der Waals surface area contributed by atoms with Crippen molar-refractivity contribution in [3.8, 4) is 0 Å². The summed E-state index contributed by atoms with van der Waals surface area (Å²) in [5, 5.41) is 0. The van der Waals surface area contributed by atoms with Crippen LogP contribution in [0.25, 0.3) is 0 Å². The third-order valence-electron chi connectivity index (χ3n) is 1.70. The second kappa shape index (κ2) is 3.35. The normalized spacial score (nSPS) is 17.8. The molecule has 0 bridgehead atoms. The van der Waals surface area contributed by atoms with Gasteiger partial charge in [0, 0.05) is 11.9 Å². The fourth-order valence-corrected chi connectivity index (χ4v) is 0.922. The molecule has 0 aliphatic carbocycles. The van der Waals surface area contributed by atoms with E-state index in [-0.39, 0.29) is 0 Å². The summed E-state index contributed by atoms with van der Waals surface area (Å²) in [6.07, 6.45) is 8.36. The molecule has 0 saturated heterocycles. The molecule has 54 valence electrons. The SMILES string of the molecule is CCC1=CC=NC(C)=CC1. The van der Waals surface area contributed by atoms with Crippen LogP contribution in [0, 0.1) is 0 Å². The molecule has 1 heterocycles. The molecule has 0 aromatic heterocycles. The van der Waals surface area contributed by atoms with Crippen LogP contribution in [0.15, 0.2) is 28.4 Å². The Balaban J connectivity index is 2.69. The third kappa shape index (κ3) is 1.83. The molecule has 0 radical (unpaired) electrons. The van der Waals surface area contributed by atoms with E-state index < -0.39 is 0 Å². The zero-order chi connectivity index (χ0) is 7.40. The first kappa shape index (κ1) is 7.26. The molecule has 0 N–H and O–H groups in total. The van der Waals surface area contributed by atoms with Gasteiger partial charge in [0.2, 0.25) is 0 Å². The highest BCUT2D eigenvalue weighted by molar-refractivity contribution is 5.73. The maximum Gasteiger partial charge on any atom is 0.0336 e. The van der Waals surface area contributed by atoms with E-state index in [1.54, 1.807) is 0 Å². The topological polar surface area (TPSA) is 12.4 Å². The standard InChI is InChI=1S/C9H13N/c1-3-9-5-4-8(2)10-7-6-9/h4,6-7H,3,5H2,1-2H3. The number of hydrogen-bond donors (Lipinski definition) is 0. The average Bonchev–Trinajstić information content (AvgIpc) is 2.14. The van der Waals surface area contributed by atoms with Gasteiger partial charge in [0.05, 0.1) is 0 Å². The van der Waals surface area contributed by atoms with E-state index in [0.29, 0.717) is 0 Å². The Kier molecular flexibility index (Phi) is 2.43. The van der Waals surface area contributed by atoms with E-state index in [1.165, 1.54) is 5.57 Å². The summed E-state index contributed by atoms with van der Waals surface area (Å²) in [6, 6.07) is 0. The lowest BCUT2D eigenvalue weighted by atomic mass is 10.1. The van der Waals surface area contributed by atoms with E-state index in [9.17, 15) is 0 Å². The van der Waals surface area contributed by atoms with E-state index in [1.807, 2.05) is 13.1 Å². The van der Waals surface area contributed by atoms with Gasteiger partial charge in [-0.05, 0) is 25.8 Å². The van der Waals surface area contributed by atoms with Crippen LogP contribution >= 0.6 is 0 Å². The van der Waals surface area contributed by atoms with Crippen molar-refractivity contribution in [2.75, 3.05) is 0 Å². The van der Waals surface area contributed by atoms with Crippen LogP contribution in [-0.4, -0.2) is 6.21 Å². The molecule has 1 nitrogen and oxygen atoms in total. The van der Waals surface area contributed by atoms with Gasteiger partial charge >= 0.3 is 0 Å². The fourth-order valence-electron chi connectivity index (χ4n) is 0.922. The zero-order valence-electron chi connectivity index (χ0n) is 6.59. The molecule has 0 spiro atoms. The molecule has 1 aliphatic rings. The Morgan fingerprint density at radius 3 is 3.10 bits per heavy atom. The summed E-state index contributed by atoms with van der Waals surface area (Å²) < 4.78 is 0. The predicted molar refractivity (Wildman–Crippen MR) is 45.2 cm³/mol. The van der Waals surface area contributed by atoms with E-state index in [4.69, 9.17) is 0 Å². The molecular weight excluding hydrogens is 122 g/mol. The van der Waals surface area contributed by atoms with Crippen molar-refractivity contribution in [3.63, 3.8) is 0 Å². The van der Waals surface area contributed by atoms with Gasteiger partial charge in [-0.15, -0.1) is 0 Å². The fraction of sp³-hybridized carbons (Fsp3) is 0.444. The van der Waals surface area contributed by atoms with Gasteiger partial charge in [0.25, 0.3) is 0 Å². The molecule has 0 saturated carbocycles. The van der Waals surface area contributed by atoms with Crippen molar-refractivity contribution in [3.05, 3.63) is 23.4 Å². The van der Waals surface area contributed by atoms with Crippen LogP contribution < -0.4 is 0 Å². The molecule has 1 heteroatoms. The Bertz CT molecular complexity index is 194. The summed E-state index contributed by atoms with van der Waals surface area (Å²) in [7, 11) is 0. The molecule has 0 aromatic rings. The summed E-state index contributed by atoms with van der Waals surface area (Å²) in [5.74, 6) is 0. The molecular formula is C9H13N. The first-order chi connectivity index (χ1) is 4.83. The Morgan fingerprint density at radius 2 is 2.40 bits per heavy atom. The number of aliphatic imine (C=N–C) groups is 1. The minimum Gasteiger partial charge on any atom is -0.262 e. The second-order valence-corrected chi connectivity index (χ2v) is 2.51. The molecule has 10 heavy (non-hydrogen) atoms. The van der Waals surface area contributed by atoms with Crippen LogP contribution in [0.3, 0.4) is 0 Å². The minimum absolute atomic E-state index is 1.07. The average molecular weight is 135 g/mol. The van der Waals surface area contributed by atoms with Crippen molar-refractivity contribution in [1.29, 1.82) is 0 Å². The number of hydrogen-bond acceptors (Lipinski definition) is 1. The maximum absolute atomic E-state index is 4.18. The summed E-state index contributed by atoms with van der Waals surface area (Å²) in [6.45, 7) is 4.21. The van der Waals surface area contributed by atoms with Crippen molar-refractivity contribution in [2.24, 2.45) is 4.99 Å². The lowest BCUT2D eigenvalue weighted by Crippen LogP contribution is -1.76. The van der Waals surface area contributed by atoms with Gasteiger partial charge in [-0.3, -0.25) is 4.99 Å². The summed E-state index contributed by atoms with van der Waals surface area (Å²) >= 11 is 0. The Hall–Kier alpha value is -0.850. The van der Waals surface area contributed by atoms with Crippen molar-refractivity contribution in [1.82, 2.24) is 0 Å². The van der Waals surface area contributed by atoms with Gasteiger partial charge in [-0.25, -0.2) is 0 Å². The number of nitrogens with zero attached hydrogens (tertiary/aromatic N) is 1.